The summed E-state index contributed by atoms with van der Waals surface area (Å²) in [4.78, 5) is 11.8. The molecule has 0 spiro atoms. The molecule has 0 aliphatic rings. The van der Waals surface area contributed by atoms with Crippen LogP contribution in [0.3, 0.4) is 0 Å². The minimum Gasteiger partial charge on any atom is -0.494 e. The Morgan fingerprint density at radius 2 is 2.00 bits per heavy atom. The van der Waals surface area contributed by atoms with E-state index in [4.69, 9.17) is 9.15 Å². The third-order valence-electron chi connectivity index (χ3n) is 2.91. The molecule has 1 N–H and O–H groups in total. The normalized spacial score (nSPS) is 10.2. The second-order valence-electron chi connectivity index (χ2n) is 4.49. The summed E-state index contributed by atoms with van der Waals surface area (Å²) in [5, 5.41) is 2.90. The summed E-state index contributed by atoms with van der Waals surface area (Å²) < 4.78 is 10.3. The Morgan fingerprint density at radius 3 is 2.65 bits per heavy atom. The second-order valence-corrected chi connectivity index (χ2v) is 4.49. The molecular formula is C16H19NO3. The fourth-order valence-electron chi connectivity index (χ4n) is 1.90. The van der Waals surface area contributed by atoms with Crippen LogP contribution in [0.1, 0.15) is 18.1 Å². The molecule has 2 rings (SSSR count). The first-order valence-corrected chi connectivity index (χ1v) is 6.77. The van der Waals surface area contributed by atoms with Gasteiger partial charge in [-0.3, -0.25) is 4.79 Å². The number of amides is 1. The highest BCUT2D eigenvalue weighted by atomic mass is 16.5. The SMILES string of the molecule is CCOc1ccc(CC(=O)NCCc2ccoc2)cc1. The van der Waals surface area contributed by atoms with E-state index >= 15 is 0 Å². The number of rotatable bonds is 7. The molecule has 1 aromatic carbocycles. The van der Waals surface area contributed by atoms with E-state index < -0.39 is 0 Å². The van der Waals surface area contributed by atoms with Crippen molar-refractivity contribution in [3.8, 4) is 5.75 Å². The molecule has 0 aliphatic heterocycles. The zero-order chi connectivity index (χ0) is 14.2. The number of furan rings is 1. The molecule has 106 valence electrons. The molecule has 1 aromatic heterocycles. The van der Waals surface area contributed by atoms with Gasteiger partial charge in [0.15, 0.2) is 0 Å². The summed E-state index contributed by atoms with van der Waals surface area (Å²) in [6.45, 7) is 3.21. The van der Waals surface area contributed by atoms with Gasteiger partial charge in [-0.1, -0.05) is 12.1 Å². The Bertz CT molecular complexity index is 517. The molecule has 0 aliphatic carbocycles. The molecule has 0 saturated heterocycles. The Kier molecular flexibility index (Phi) is 5.24. The molecule has 4 nitrogen and oxygen atoms in total. The number of carbonyl (C=O) groups excluding carboxylic acids is 1. The Morgan fingerprint density at radius 1 is 1.20 bits per heavy atom. The van der Waals surface area contributed by atoms with Crippen LogP contribution in [0.4, 0.5) is 0 Å². The standard InChI is InChI=1S/C16H19NO3/c1-2-20-15-5-3-13(4-6-15)11-16(18)17-9-7-14-8-10-19-12-14/h3-6,8,10,12H,2,7,9,11H2,1H3,(H,17,18). The second kappa shape index (κ2) is 7.38. The lowest BCUT2D eigenvalue weighted by atomic mass is 10.1. The molecule has 1 amide bonds. The van der Waals surface area contributed by atoms with Crippen LogP contribution in [0.5, 0.6) is 5.75 Å². The van der Waals surface area contributed by atoms with Gasteiger partial charge in [-0.05, 0) is 42.7 Å². The predicted molar refractivity (Wildman–Crippen MR) is 76.7 cm³/mol. The summed E-state index contributed by atoms with van der Waals surface area (Å²) >= 11 is 0. The summed E-state index contributed by atoms with van der Waals surface area (Å²) in [7, 11) is 0. The number of nitrogens with one attached hydrogen (secondary N) is 1. The molecule has 20 heavy (non-hydrogen) atoms. The molecule has 0 saturated carbocycles. The number of ether oxygens (including phenoxy) is 1. The van der Waals surface area contributed by atoms with E-state index in [1.807, 2.05) is 37.3 Å². The predicted octanol–water partition coefficient (Wildman–Crippen LogP) is 2.58. The third kappa shape index (κ3) is 4.46. The van der Waals surface area contributed by atoms with Gasteiger partial charge in [0.25, 0.3) is 0 Å². The van der Waals surface area contributed by atoms with E-state index in [1.54, 1.807) is 12.5 Å². The zero-order valence-corrected chi connectivity index (χ0v) is 11.6. The molecular weight excluding hydrogens is 254 g/mol. The first-order chi connectivity index (χ1) is 9.78. The minimum absolute atomic E-state index is 0.0256. The van der Waals surface area contributed by atoms with E-state index in [9.17, 15) is 4.79 Å². The molecule has 0 atom stereocenters. The molecule has 2 aromatic rings. The van der Waals surface area contributed by atoms with Gasteiger partial charge in [0, 0.05) is 6.54 Å². The highest BCUT2D eigenvalue weighted by molar-refractivity contribution is 5.78. The average Bonchev–Trinajstić information content (AvgIpc) is 2.94. The van der Waals surface area contributed by atoms with Crippen molar-refractivity contribution < 1.29 is 13.9 Å². The maximum absolute atomic E-state index is 11.8. The van der Waals surface area contributed by atoms with Crippen molar-refractivity contribution in [2.24, 2.45) is 0 Å². The van der Waals surface area contributed by atoms with Crippen LogP contribution in [-0.2, 0) is 17.6 Å². The molecule has 0 radical (unpaired) electrons. The highest BCUT2D eigenvalue weighted by Gasteiger charge is 2.03. The first-order valence-electron chi connectivity index (χ1n) is 6.77. The summed E-state index contributed by atoms with van der Waals surface area (Å²) in [6.07, 6.45) is 4.50. The smallest absolute Gasteiger partial charge is 0.224 e. The fraction of sp³-hybridized carbons (Fsp3) is 0.312. The monoisotopic (exact) mass is 273 g/mol. The van der Waals surface area contributed by atoms with Crippen LogP contribution in [0.15, 0.2) is 47.3 Å². The van der Waals surface area contributed by atoms with Crippen LogP contribution in [0.25, 0.3) is 0 Å². The maximum atomic E-state index is 11.8. The fourth-order valence-corrected chi connectivity index (χ4v) is 1.90. The number of benzene rings is 1. The van der Waals surface area contributed by atoms with Crippen molar-refractivity contribution in [1.29, 1.82) is 0 Å². The number of carbonyl (C=O) groups is 1. The van der Waals surface area contributed by atoms with Gasteiger partial charge in [0.2, 0.25) is 5.91 Å². The Labute approximate surface area is 118 Å². The van der Waals surface area contributed by atoms with E-state index in [0.29, 0.717) is 19.6 Å². The van der Waals surface area contributed by atoms with Gasteiger partial charge >= 0.3 is 0 Å². The largest absolute Gasteiger partial charge is 0.494 e. The molecule has 0 unspecified atom stereocenters. The van der Waals surface area contributed by atoms with Crippen LogP contribution in [0.2, 0.25) is 0 Å². The summed E-state index contributed by atoms with van der Waals surface area (Å²) in [5.41, 5.74) is 2.07. The van der Waals surface area contributed by atoms with Crippen LogP contribution in [0, 0.1) is 0 Å². The van der Waals surface area contributed by atoms with E-state index in [-0.39, 0.29) is 5.91 Å². The zero-order valence-electron chi connectivity index (χ0n) is 11.6. The average molecular weight is 273 g/mol. The van der Waals surface area contributed by atoms with Crippen LogP contribution in [-0.4, -0.2) is 19.1 Å². The maximum Gasteiger partial charge on any atom is 0.224 e. The van der Waals surface area contributed by atoms with Gasteiger partial charge in [-0.25, -0.2) is 0 Å². The Balaban J connectivity index is 1.73. The van der Waals surface area contributed by atoms with Crippen molar-refractivity contribution >= 4 is 5.91 Å². The number of hydrogen-bond donors (Lipinski definition) is 1. The lowest BCUT2D eigenvalue weighted by Gasteiger charge is -2.06. The summed E-state index contributed by atoms with van der Waals surface area (Å²) in [5.74, 6) is 0.856. The van der Waals surface area contributed by atoms with Gasteiger partial charge < -0.3 is 14.5 Å². The van der Waals surface area contributed by atoms with E-state index in [2.05, 4.69) is 5.32 Å². The molecule has 0 bridgehead atoms. The van der Waals surface area contributed by atoms with Crippen molar-refractivity contribution in [3.63, 3.8) is 0 Å². The lowest BCUT2D eigenvalue weighted by Crippen LogP contribution is -2.27. The van der Waals surface area contributed by atoms with E-state index in [1.165, 1.54) is 0 Å². The van der Waals surface area contributed by atoms with Gasteiger partial charge in [-0.15, -0.1) is 0 Å². The molecule has 0 fully saturated rings. The van der Waals surface area contributed by atoms with Crippen molar-refractivity contribution in [3.05, 3.63) is 54.0 Å². The minimum atomic E-state index is 0.0256. The van der Waals surface area contributed by atoms with Crippen LogP contribution >= 0.6 is 0 Å². The van der Waals surface area contributed by atoms with Gasteiger partial charge in [-0.2, -0.15) is 0 Å². The van der Waals surface area contributed by atoms with Gasteiger partial charge in [0.05, 0.1) is 25.6 Å². The Hall–Kier alpha value is -2.23. The van der Waals surface area contributed by atoms with Crippen molar-refractivity contribution in [2.75, 3.05) is 13.2 Å². The first kappa shape index (κ1) is 14.2. The van der Waals surface area contributed by atoms with Gasteiger partial charge in [0.1, 0.15) is 5.75 Å². The topological polar surface area (TPSA) is 51.5 Å². The van der Waals surface area contributed by atoms with Crippen molar-refractivity contribution in [2.45, 2.75) is 19.8 Å². The van der Waals surface area contributed by atoms with E-state index in [0.717, 1.165) is 23.3 Å². The summed E-state index contributed by atoms with van der Waals surface area (Å²) in [6, 6.07) is 9.51. The molecule has 1 heterocycles. The quantitative estimate of drug-likeness (QED) is 0.843. The highest BCUT2D eigenvalue weighted by Crippen LogP contribution is 2.12. The third-order valence-corrected chi connectivity index (χ3v) is 2.91. The lowest BCUT2D eigenvalue weighted by molar-refractivity contribution is -0.120. The number of hydrogen-bond acceptors (Lipinski definition) is 3. The van der Waals surface area contributed by atoms with Crippen molar-refractivity contribution in [1.82, 2.24) is 5.32 Å². The van der Waals surface area contributed by atoms with Crippen LogP contribution < -0.4 is 10.1 Å². The molecule has 4 heteroatoms.